The highest BCUT2D eigenvalue weighted by Crippen LogP contribution is 2.26. The second kappa shape index (κ2) is 15.6. The van der Waals surface area contributed by atoms with Gasteiger partial charge in [0.05, 0.1) is 6.54 Å². The third-order valence-corrected chi connectivity index (χ3v) is 6.96. The van der Waals surface area contributed by atoms with E-state index in [1.165, 1.54) is 19.3 Å². The van der Waals surface area contributed by atoms with Crippen molar-refractivity contribution >= 4 is 29.9 Å². The Bertz CT molecular complexity index is 1230. The summed E-state index contributed by atoms with van der Waals surface area (Å²) in [5, 5.41) is 5.00. The van der Waals surface area contributed by atoms with Crippen molar-refractivity contribution in [3.63, 3.8) is 0 Å². The van der Waals surface area contributed by atoms with Crippen molar-refractivity contribution in [2.24, 2.45) is 10.9 Å². The molecule has 3 rings (SSSR count). The first-order chi connectivity index (χ1) is 20.7. The molecule has 1 aliphatic carbocycles. The number of urea groups is 1. The predicted octanol–water partition coefficient (Wildman–Crippen LogP) is 7.23. The van der Waals surface area contributed by atoms with Crippen molar-refractivity contribution in [1.29, 1.82) is 0 Å². The second-order valence-electron chi connectivity index (χ2n) is 13.3. The van der Waals surface area contributed by atoms with Gasteiger partial charge in [0.15, 0.2) is 0 Å². The smallest absolute Gasteiger partial charge is 0.414 e. The minimum Gasteiger partial charge on any atom is -0.444 e. The van der Waals surface area contributed by atoms with E-state index >= 15 is 0 Å². The van der Waals surface area contributed by atoms with E-state index in [2.05, 4.69) is 15.6 Å². The fraction of sp³-hybridized carbons (Fsp3) is 0.529. The summed E-state index contributed by atoms with van der Waals surface area (Å²) >= 11 is 0. The van der Waals surface area contributed by atoms with Crippen LogP contribution in [0.15, 0.2) is 59.6 Å². The van der Waals surface area contributed by atoms with Gasteiger partial charge >= 0.3 is 18.2 Å². The van der Waals surface area contributed by atoms with Crippen LogP contribution in [0, 0.1) is 5.92 Å². The molecule has 44 heavy (non-hydrogen) atoms. The lowest BCUT2D eigenvalue weighted by Gasteiger charge is -2.33. The van der Waals surface area contributed by atoms with Crippen LogP contribution in [0.3, 0.4) is 0 Å². The van der Waals surface area contributed by atoms with Crippen LogP contribution in [-0.4, -0.2) is 53.9 Å². The molecule has 10 nitrogen and oxygen atoms in total. The number of anilines is 1. The molecule has 2 aromatic rings. The highest BCUT2D eigenvalue weighted by Gasteiger charge is 2.25. The molecule has 2 N–H and O–H groups in total. The molecule has 0 aromatic heterocycles. The Morgan fingerprint density at radius 3 is 1.84 bits per heavy atom. The van der Waals surface area contributed by atoms with Crippen LogP contribution in [0.25, 0.3) is 0 Å². The number of aliphatic imine (C=N–C) groups is 1. The Kier molecular flexibility index (Phi) is 12.2. The molecule has 4 amide bonds. The summed E-state index contributed by atoms with van der Waals surface area (Å²) in [6.45, 7) is 11.9. The monoisotopic (exact) mass is 607 g/mol. The Morgan fingerprint density at radius 1 is 0.795 bits per heavy atom. The molecule has 240 valence electrons. The number of para-hydroxylation sites is 1. The molecule has 0 atom stereocenters. The predicted molar refractivity (Wildman–Crippen MR) is 174 cm³/mol. The molecule has 0 heterocycles. The van der Waals surface area contributed by atoms with Crippen LogP contribution in [0.4, 0.5) is 20.1 Å². The summed E-state index contributed by atoms with van der Waals surface area (Å²) in [7, 11) is 1.82. The zero-order chi connectivity index (χ0) is 32.3. The minimum absolute atomic E-state index is 0.0264. The number of rotatable bonds is 7. The molecule has 0 unspecified atom stereocenters. The van der Waals surface area contributed by atoms with Gasteiger partial charge in [-0.25, -0.2) is 19.4 Å². The van der Waals surface area contributed by atoms with Crippen LogP contribution < -0.4 is 15.5 Å². The van der Waals surface area contributed by atoms with E-state index in [4.69, 9.17) is 9.47 Å². The van der Waals surface area contributed by atoms with Gasteiger partial charge in [0.25, 0.3) is 0 Å². The first-order valence-corrected chi connectivity index (χ1v) is 15.4. The fourth-order valence-electron chi connectivity index (χ4n) is 4.92. The SMILES string of the molecule is CN(C(=O)N(Cc1ccc(CN=C(NC(=O)OC(C)(C)C)NC(=O)OC(C)(C)C)cc1)CC1CCCCC1)c1ccccc1. The topological polar surface area (TPSA) is 113 Å². The van der Waals surface area contributed by atoms with Gasteiger partial charge in [-0.15, -0.1) is 0 Å². The fourth-order valence-corrected chi connectivity index (χ4v) is 4.92. The highest BCUT2D eigenvalue weighted by atomic mass is 16.6. The number of hydrogen-bond acceptors (Lipinski definition) is 6. The number of nitrogens with zero attached hydrogens (tertiary/aromatic N) is 3. The summed E-state index contributed by atoms with van der Waals surface area (Å²) in [4.78, 5) is 46.5. The van der Waals surface area contributed by atoms with Crippen LogP contribution >= 0.6 is 0 Å². The van der Waals surface area contributed by atoms with Gasteiger partial charge in [-0.2, -0.15) is 0 Å². The Hall–Kier alpha value is -4.08. The van der Waals surface area contributed by atoms with Crippen molar-refractivity contribution in [2.75, 3.05) is 18.5 Å². The minimum atomic E-state index is -0.745. The summed E-state index contributed by atoms with van der Waals surface area (Å²) < 4.78 is 10.6. The quantitative estimate of drug-likeness (QED) is 0.255. The number of hydrogen-bond donors (Lipinski definition) is 2. The van der Waals surface area contributed by atoms with Crippen LogP contribution in [-0.2, 0) is 22.6 Å². The van der Waals surface area contributed by atoms with Gasteiger partial charge < -0.3 is 14.4 Å². The van der Waals surface area contributed by atoms with E-state index in [1.807, 2.05) is 66.5 Å². The summed E-state index contributed by atoms with van der Waals surface area (Å²) in [5.74, 6) is 0.421. The van der Waals surface area contributed by atoms with Gasteiger partial charge in [0.1, 0.15) is 11.2 Å². The number of benzene rings is 2. The van der Waals surface area contributed by atoms with Crippen LogP contribution in [0.5, 0.6) is 0 Å². The van der Waals surface area contributed by atoms with E-state index in [9.17, 15) is 14.4 Å². The summed E-state index contributed by atoms with van der Waals surface area (Å²) in [6, 6.07) is 17.5. The number of nitrogens with one attached hydrogen (secondary N) is 2. The molecule has 1 fully saturated rings. The number of guanidine groups is 1. The zero-order valence-corrected chi connectivity index (χ0v) is 27.3. The van der Waals surface area contributed by atoms with Crippen molar-refractivity contribution in [2.45, 2.75) is 97.9 Å². The average Bonchev–Trinajstić information content (AvgIpc) is 2.94. The van der Waals surface area contributed by atoms with Gasteiger partial charge in [-0.3, -0.25) is 15.5 Å². The van der Waals surface area contributed by atoms with E-state index in [1.54, 1.807) is 46.4 Å². The second-order valence-corrected chi connectivity index (χ2v) is 13.3. The maximum absolute atomic E-state index is 13.7. The van der Waals surface area contributed by atoms with Gasteiger partial charge in [-0.05, 0) is 83.6 Å². The third kappa shape index (κ3) is 12.3. The largest absolute Gasteiger partial charge is 0.444 e. The Labute approximate surface area is 262 Å². The molecular weight excluding hydrogens is 558 g/mol. The highest BCUT2D eigenvalue weighted by molar-refractivity contribution is 6.01. The van der Waals surface area contributed by atoms with Crippen molar-refractivity contribution in [3.05, 3.63) is 65.7 Å². The molecule has 10 heteroatoms. The van der Waals surface area contributed by atoms with Gasteiger partial charge in [0, 0.05) is 25.8 Å². The third-order valence-electron chi connectivity index (χ3n) is 6.96. The molecule has 0 aliphatic heterocycles. The van der Waals surface area contributed by atoms with E-state index in [-0.39, 0.29) is 18.5 Å². The number of amides is 4. The lowest BCUT2D eigenvalue weighted by Crippen LogP contribution is -2.47. The number of alkyl carbamates (subject to hydrolysis) is 2. The average molecular weight is 608 g/mol. The van der Waals surface area contributed by atoms with Crippen molar-refractivity contribution in [1.82, 2.24) is 15.5 Å². The normalized spacial score (nSPS) is 13.8. The maximum atomic E-state index is 13.7. The molecule has 2 aromatic carbocycles. The molecule has 0 spiro atoms. The molecule has 1 aliphatic rings. The number of carbonyl (C=O) groups excluding carboxylic acids is 3. The van der Waals surface area contributed by atoms with Crippen molar-refractivity contribution in [3.8, 4) is 0 Å². The van der Waals surface area contributed by atoms with Crippen molar-refractivity contribution < 1.29 is 23.9 Å². The van der Waals surface area contributed by atoms with Gasteiger partial charge in [-0.1, -0.05) is 61.7 Å². The number of ether oxygens (including phenoxy) is 2. The first-order valence-electron chi connectivity index (χ1n) is 15.4. The van der Waals surface area contributed by atoms with E-state index < -0.39 is 23.4 Å². The molecular formula is C34H49N5O5. The number of carbonyl (C=O) groups is 3. The first kappa shape index (κ1) is 34.4. The zero-order valence-electron chi connectivity index (χ0n) is 27.3. The van der Waals surface area contributed by atoms with E-state index in [0.29, 0.717) is 12.5 Å². The molecule has 1 saturated carbocycles. The Balaban J connectivity index is 1.72. The maximum Gasteiger partial charge on any atom is 0.414 e. The molecule has 0 bridgehead atoms. The molecule has 0 saturated heterocycles. The van der Waals surface area contributed by atoms with Crippen LogP contribution in [0.2, 0.25) is 0 Å². The van der Waals surface area contributed by atoms with Gasteiger partial charge in [0.2, 0.25) is 5.96 Å². The standard InChI is InChI=1S/C34H49N5O5/c1-33(2,3)43-30(40)36-29(37-31(41)44-34(4,5)6)35-22-25-18-20-27(21-19-25)24-39(23-26-14-10-8-11-15-26)32(42)38(7)28-16-12-9-13-17-28/h9,12-13,16-21,26H,8,10-11,14-15,22-24H2,1-7H3,(H2,35,36,37,40,41). The Morgan fingerprint density at radius 2 is 1.32 bits per heavy atom. The lowest BCUT2D eigenvalue weighted by atomic mass is 9.89. The summed E-state index contributed by atoms with van der Waals surface area (Å²) in [5.41, 5.74) is 1.27. The van der Waals surface area contributed by atoms with E-state index in [0.717, 1.165) is 36.2 Å². The lowest BCUT2D eigenvalue weighted by molar-refractivity contribution is 0.0545. The summed E-state index contributed by atoms with van der Waals surface area (Å²) in [6.07, 6.45) is 4.49. The van der Waals surface area contributed by atoms with Crippen LogP contribution in [0.1, 0.15) is 84.8 Å². The molecule has 0 radical (unpaired) electrons.